The minimum absolute atomic E-state index is 0.0937. The SMILES string of the molecule is N#Cc1cc(N)ccc1N1CCN(C(=O)c2ccccc2F)CC1. The summed E-state index contributed by atoms with van der Waals surface area (Å²) in [5, 5.41) is 9.25. The maximum Gasteiger partial charge on any atom is 0.256 e. The van der Waals surface area contributed by atoms with Crippen LogP contribution >= 0.6 is 0 Å². The van der Waals surface area contributed by atoms with Gasteiger partial charge in [0.15, 0.2) is 0 Å². The smallest absolute Gasteiger partial charge is 0.256 e. The zero-order valence-electron chi connectivity index (χ0n) is 13.1. The standard InChI is InChI=1S/C18H17FN4O/c19-16-4-2-1-3-15(16)18(24)23-9-7-22(8-10-23)17-6-5-14(21)11-13(17)12-20/h1-6,11H,7-10,21H2. The van der Waals surface area contributed by atoms with E-state index in [2.05, 4.69) is 6.07 Å². The minimum Gasteiger partial charge on any atom is -0.399 e. The first kappa shape index (κ1) is 15.8. The number of nitrogens with zero attached hydrogens (tertiary/aromatic N) is 3. The summed E-state index contributed by atoms with van der Waals surface area (Å²) in [4.78, 5) is 16.1. The third-order valence-corrected chi connectivity index (χ3v) is 4.15. The van der Waals surface area contributed by atoms with Crippen molar-refractivity contribution in [2.24, 2.45) is 0 Å². The summed E-state index contributed by atoms with van der Waals surface area (Å²) in [5.74, 6) is -0.805. The topological polar surface area (TPSA) is 73.4 Å². The molecule has 0 saturated carbocycles. The fourth-order valence-electron chi connectivity index (χ4n) is 2.87. The number of nitriles is 1. The van der Waals surface area contributed by atoms with Crippen molar-refractivity contribution >= 4 is 17.3 Å². The largest absolute Gasteiger partial charge is 0.399 e. The van der Waals surface area contributed by atoms with Gasteiger partial charge in [-0.05, 0) is 30.3 Å². The molecule has 1 fully saturated rings. The number of amides is 1. The van der Waals surface area contributed by atoms with E-state index in [-0.39, 0.29) is 11.5 Å². The summed E-state index contributed by atoms with van der Waals surface area (Å²) < 4.78 is 13.8. The molecule has 2 N–H and O–H groups in total. The normalized spacial score (nSPS) is 14.3. The van der Waals surface area contributed by atoms with Crippen LogP contribution in [0.5, 0.6) is 0 Å². The van der Waals surface area contributed by atoms with Crippen LogP contribution in [0.1, 0.15) is 15.9 Å². The number of hydrogen-bond acceptors (Lipinski definition) is 4. The molecule has 1 aliphatic rings. The second-order valence-corrected chi connectivity index (χ2v) is 5.65. The highest BCUT2D eigenvalue weighted by atomic mass is 19.1. The third kappa shape index (κ3) is 3.01. The number of anilines is 2. The van der Waals surface area contributed by atoms with Crippen molar-refractivity contribution in [1.29, 1.82) is 5.26 Å². The maximum absolute atomic E-state index is 13.8. The molecule has 122 valence electrons. The van der Waals surface area contributed by atoms with Crippen molar-refractivity contribution in [3.63, 3.8) is 0 Å². The molecule has 0 unspecified atom stereocenters. The second kappa shape index (κ2) is 6.59. The lowest BCUT2D eigenvalue weighted by atomic mass is 10.1. The van der Waals surface area contributed by atoms with Crippen LogP contribution in [-0.2, 0) is 0 Å². The Morgan fingerprint density at radius 3 is 2.50 bits per heavy atom. The zero-order valence-corrected chi connectivity index (χ0v) is 13.1. The van der Waals surface area contributed by atoms with Gasteiger partial charge in [0.05, 0.1) is 16.8 Å². The molecule has 0 radical (unpaired) electrons. The van der Waals surface area contributed by atoms with E-state index in [1.54, 1.807) is 29.2 Å². The number of nitrogen functional groups attached to an aromatic ring is 1. The van der Waals surface area contributed by atoms with Crippen molar-refractivity contribution in [2.45, 2.75) is 0 Å². The summed E-state index contributed by atoms with van der Waals surface area (Å²) in [5.41, 5.74) is 7.68. The van der Waals surface area contributed by atoms with Gasteiger partial charge in [0, 0.05) is 31.9 Å². The fourth-order valence-corrected chi connectivity index (χ4v) is 2.87. The molecule has 1 aliphatic heterocycles. The van der Waals surface area contributed by atoms with Crippen molar-refractivity contribution < 1.29 is 9.18 Å². The lowest BCUT2D eigenvalue weighted by Gasteiger charge is -2.36. The fraction of sp³-hybridized carbons (Fsp3) is 0.222. The number of halogens is 1. The molecule has 6 heteroatoms. The summed E-state index contributed by atoms with van der Waals surface area (Å²) in [6, 6.07) is 13.4. The van der Waals surface area contributed by atoms with Gasteiger partial charge < -0.3 is 15.5 Å². The van der Waals surface area contributed by atoms with E-state index in [0.717, 1.165) is 5.69 Å². The van der Waals surface area contributed by atoms with Gasteiger partial charge in [-0.15, -0.1) is 0 Å². The van der Waals surface area contributed by atoms with Gasteiger partial charge in [-0.3, -0.25) is 4.79 Å². The Kier molecular flexibility index (Phi) is 4.34. The molecule has 1 saturated heterocycles. The molecule has 2 aromatic rings. The number of hydrogen-bond donors (Lipinski definition) is 1. The van der Waals surface area contributed by atoms with E-state index in [4.69, 9.17) is 5.73 Å². The highest BCUT2D eigenvalue weighted by molar-refractivity contribution is 5.94. The molecule has 1 heterocycles. The molecule has 0 atom stereocenters. The van der Waals surface area contributed by atoms with Gasteiger partial charge in [-0.1, -0.05) is 12.1 Å². The Morgan fingerprint density at radius 1 is 1.12 bits per heavy atom. The monoisotopic (exact) mass is 324 g/mol. The first-order chi connectivity index (χ1) is 11.6. The number of carbonyl (C=O) groups is 1. The Hall–Kier alpha value is -3.07. The highest BCUT2D eigenvalue weighted by Crippen LogP contribution is 2.24. The van der Waals surface area contributed by atoms with E-state index in [9.17, 15) is 14.4 Å². The lowest BCUT2D eigenvalue weighted by molar-refractivity contribution is 0.0742. The van der Waals surface area contributed by atoms with Gasteiger partial charge in [0.25, 0.3) is 5.91 Å². The molecule has 24 heavy (non-hydrogen) atoms. The number of piperazine rings is 1. The first-order valence-electron chi connectivity index (χ1n) is 7.68. The first-order valence-corrected chi connectivity index (χ1v) is 7.68. The van der Waals surface area contributed by atoms with Crippen LogP contribution in [0.4, 0.5) is 15.8 Å². The Labute approximate surface area is 139 Å². The quantitative estimate of drug-likeness (QED) is 0.860. The van der Waals surface area contributed by atoms with Crippen molar-refractivity contribution in [1.82, 2.24) is 4.90 Å². The van der Waals surface area contributed by atoms with Crippen LogP contribution in [0.25, 0.3) is 0 Å². The zero-order chi connectivity index (χ0) is 17.1. The van der Waals surface area contributed by atoms with Gasteiger partial charge in [-0.2, -0.15) is 5.26 Å². The van der Waals surface area contributed by atoms with Crippen LogP contribution in [0.15, 0.2) is 42.5 Å². The molecule has 0 aliphatic carbocycles. The highest BCUT2D eigenvalue weighted by Gasteiger charge is 2.25. The van der Waals surface area contributed by atoms with Crippen LogP contribution < -0.4 is 10.6 Å². The van der Waals surface area contributed by atoms with E-state index in [1.807, 2.05) is 11.0 Å². The Balaban J connectivity index is 1.72. The van der Waals surface area contributed by atoms with Crippen molar-refractivity contribution in [3.05, 3.63) is 59.4 Å². The lowest BCUT2D eigenvalue weighted by Crippen LogP contribution is -2.49. The van der Waals surface area contributed by atoms with Crippen LogP contribution in [-0.4, -0.2) is 37.0 Å². The average Bonchev–Trinajstić information content (AvgIpc) is 2.61. The molecular formula is C18H17FN4O. The number of nitrogens with two attached hydrogens (primary N) is 1. The Bertz CT molecular complexity index is 807. The molecule has 0 bridgehead atoms. The predicted octanol–water partition coefficient (Wildman–Crippen LogP) is 2.24. The van der Waals surface area contributed by atoms with Crippen molar-refractivity contribution in [3.8, 4) is 6.07 Å². The van der Waals surface area contributed by atoms with Gasteiger partial charge >= 0.3 is 0 Å². The van der Waals surface area contributed by atoms with E-state index < -0.39 is 5.82 Å². The number of rotatable bonds is 2. The van der Waals surface area contributed by atoms with E-state index >= 15 is 0 Å². The molecular weight excluding hydrogens is 307 g/mol. The van der Waals surface area contributed by atoms with Crippen LogP contribution in [0.2, 0.25) is 0 Å². The summed E-state index contributed by atoms with van der Waals surface area (Å²) in [7, 11) is 0. The molecule has 5 nitrogen and oxygen atoms in total. The molecule has 2 aromatic carbocycles. The van der Waals surface area contributed by atoms with E-state index in [0.29, 0.717) is 37.4 Å². The minimum atomic E-state index is -0.504. The summed E-state index contributed by atoms with van der Waals surface area (Å²) in [6.07, 6.45) is 0. The average molecular weight is 324 g/mol. The van der Waals surface area contributed by atoms with Crippen LogP contribution in [0.3, 0.4) is 0 Å². The van der Waals surface area contributed by atoms with Crippen molar-refractivity contribution in [2.75, 3.05) is 36.8 Å². The van der Waals surface area contributed by atoms with Crippen LogP contribution in [0, 0.1) is 17.1 Å². The van der Waals surface area contributed by atoms with E-state index in [1.165, 1.54) is 12.1 Å². The van der Waals surface area contributed by atoms with Gasteiger partial charge in [-0.25, -0.2) is 4.39 Å². The predicted molar refractivity (Wildman–Crippen MR) is 90.1 cm³/mol. The molecule has 3 rings (SSSR count). The maximum atomic E-state index is 13.8. The molecule has 1 amide bonds. The third-order valence-electron chi connectivity index (χ3n) is 4.15. The van der Waals surface area contributed by atoms with Gasteiger partial charge in [0.2, 0.25) is 0 Å². The Morgan fingerprint density at radius 2 is 1.83 bits per heavy atom. The molecule has 0 aromatic heterocycles. The van der Waals surface area contributed by atoms with Gasteiger partial charge in [0.1, 0.15) is 11.9 Å². The summed E-state index contributed by atoms with van der Waals surface area (Å²) >= 11 is 0. The summed E-state index contributed by atoms with van der Waals surface area (Å²) in [6.45, 7) is 2.11. The number of carbonyl (C=O) groups excluding carboxylic acids is 1. The molecule has 0 spiro atoms. The number of benzene rings is 2. The second-order valence-electron chi connectivity index (χ2n) is 5.65.